The van der Waals surface area contributed by atoms with Crippen molar-refractivity contribution in [3.63, 3.8) is 0 Å². The Bertz CT molecular complexity index is 1590. The van der Waals surface area contributed by atoms with Gasteiger partial charge in [0.2, 0.25) is 23.5 Å². The van der Waals surface area contributed by atoms with E-state index in [-0.39, 0.29) is 11.4 Å². The lowest BCUT2D eigenvalue weighted by Gasteiger charge is -2.36. The fourth-order valence-corrected chi connectivity index (χ4v) is 5.79. The standard InChI is InChI=1S/C30H31FN6O3/c1-17(23-14-26(39-4)32-15-25(23)31)29(38)37-12-11-30(16-37)10-9-22-13-24(18(2)33-27(22)35-30)20-5-7-21(8-6-20)28-34-19(3)40-36-28/h5-8,13-15,17H,9-12,16H2,1-4H3,(H,33,35)/t17-,30+/m1/s1. The zero-order valence-electron chi connectivity index (χ0n) is 23.0. The van der Waals surface area contributed by atoms with Gasteiger partial charge in [0.25, 0.3) is 0 Å². The summed E-state index contributed by atoms with van der Waals surface area (Å²) in [6.45, 7) is 6.68. The third kappa shape index (κ3) is 4.67. The number of aromatic nitrogens is 4. The molecule has 4 aromatic rings. The van der Waals surface area contributed by atoms with E-state index in [2.05, 4.69) is 38.6 Å². The highest BCUT2D eigenvalue weighted by atomic mass is 19.1. The Morgan fingerprint density at radius 1 is 1.15 bits per heavy atom. The lowest BCUT2D eigenvalue weighted by molar-refractivity contribution is -0.131. The number of methoxy groups -OCH3 is 1. The Morgan fingerprint density at radius 2 is 1.93 bits per heavy atom. The lowest BCUT2D eigenvalue weighted by atomic mass is 9.85. The van der Waals surface area contributed by atoms with Crippen molar-refractivity contribution in [2.45, 2.75) is 51.5 Å². The molecule has 0 saturated carbocycles. The number of carbonyl (C=O) groups excluding carboxylic acids is 1. The summed E-state index contributed by atoms with van der Waals surface area (Å²) >= 11 is 0. The van der Waals surface area contributed by atoms with Crippen LogP contribution in [0.15, 0.2) is 47.1 Å². The molecule has 1 spiro atoms. The number of nitrogens with zero attached hydrogens (tertiary/aromatic N) is 5. The highest BCUT2D eigenvalue weighted by molar-refractivity contribution is 5.84. The number of amides is 1. The molecular formula is C30H31FN6O3. The van der Waals surface area contributed by atoms with Gasteiger partial charge in [0, 0.05) is 48.5 Å². The summed E-state index contributed by atoms with van der Waals surface area (Å²) in [6, 6.07) is 11.8. The van der Waals surface area contributed by atoms with Gasteiger partial charge in [0.05, 0.1) is 24.8 Å². The van der Waals surface area contributed by atoms with E-state index >= 15 is 0 Å². The first kappa shape index (κ1) is 25.9. The Hall–Kier alpha value is -4.34. The number of nitrogens with one attached hydrogen (secondary N) is 1. The van der Waals surface area contributed by atoms with Crippen molar-refractivity contribution in [2.24, 2.45) is 0 Å². The molecule has 1 fully saturated rings. The van der Waals surface area contributed by atoms with Crippen LogP contribution in [0.2, 0.25) is 0 Å². The van der Waals surface area contributed by atoms with Crippen molar-refractivity contribution in [1.82, 2.24) is 25.0 Å². The molecule has 3 aromatic heterocycles. The Kier molecular flexibility index (Phi) is 6.48. The predicted octanol–water partition coefficient (Wildman–Crippen LogP) is 5.09. The normalized spacial score (nSPS) is 18.9. The zero-order chi connectivity index (χ0) is 28.0. The first-order valence-electron chi connectivity index (χ1n) is 13.4. The molecule has 1 saturated heterocycles. The number of benzene rings is 1. The van der Waals surface area contributed by atoms with Crippen LogP contribution in [0.5, 0.6) is 5.88 Å². The summed E-state index contributed by atoms with van der Waals surface area (Å²) in [6.07, 6.45) is 3.66. The molecule has 40 heavy (non-hydrogen) atoms. The molecule has 2 aliphatic rings. The van der Waals surface area contributed by atoms with E-state index in [9.17, 15) is 9.18 Å². The Labute approximate surface area is 231 Å². The molecule has 1 N–H and O–H groups in total. The molecule has 9 nitrogen and oxygen atoms in total. The SMILES string of the molecule is COc1cc([C@@H](C)C(=O)N2CC[C@@]3(CCc4cc(-c5ccc(-c6noc(C)n6)cc5)c(C)nc4N3)C2)c(F)cn1. The first-order valence-corrected chi connectivity index (χ1v) is 13.4. The number of hydrogen-bond donors (Lipinski definition) is 1. The molecule has 206 valence electrons. The number of pyridine rings is 2. The molecule has 10 heteroatoms. The molecular weight excluding hydrogens is 511 g/mol. The number of ether oxygens (including phenoxy) is 1. The molecule has 6 rings (SSSR count). The number of hydrogen-bond acceptors (Lipinski definition) is 8. The number of likely N-dealkylation sites (tertiary alicyclic amines) is 1. The van der Waals surface area contributed by atoms with Gasteiger partial charge >= 0.3 is 0 Å². The van der Waals surface area contributed by atoms with Crippen LogP contribution in [0.1, 0.15) is 48.4 Å². The van der Waals surface area contributed by atoms with Crippen LogP contribution < -0.4 is 10.1 Å². The summed E-state index contributed by atoms with van der Waals surface area (Å²) in [5, 5.41) is 7.68. The molecule has 2 atom stereocenters. The molecule has 0 unspecified atom stereocenters. The Balaban J connectivity index is 1.18. The minimum absolute atomic E-state index is 0.101. The van der Waals surface area contributed by atoms with E-state index in [1.165, 1.54) is 13.2 Å². The molecule has 5 heterocycles. The number of anilines is 1. The highest BCUT2D eigenvalue weighted by Gasteiger charge is 2.43. The number of fused-ring (bicyclic) bond motifs is 1. The maximum Gasteiger partial charge on any atom is 0.230 e. The van der Waals surface area contributed by atoms with Crippen molar-refractivity contribution in [3.05, 3.63) is 71.1 Å². The number of carbonyl (C=O) groups is 1. The van der Waals surface area contributed by atoms with Crippen molar-refractivity contribution >= 4 is 11.7 Å². The van der Waals surface area contributed by atoms with Gasteiger partial charge in [-0.1, -0.05) is 29.4 Å². The van der Waals surface area contributed by atoms with Crippen LogP contribution in [-0.4, -0.2) is 56.7 Å². The van der Waals surface area contributed by atoms with Gasteiger partial charge in [-0.25, -0.2) is 14.4 Å². The monoisotopic (exact) mass is 542 g/mol. The summed E-state index contributed by atoms with van der Waals surface area (Å²) in [5.74, 6) is 1.03. The van der Waals surface area contributed by atoms with Crippen molar-refractivity contribution in [3.8, 4) is 28.4 Å². The summed E-state index contributed by atoms with van der Waals surface area (Å²) in [7, 11) is 1.47. The fourth-order valence-electron chi connectivity index (χ4n) is 5.79. The summed E-state index contributed by atoms with van der Waals surface area (Å²) < 4.78 is 24.7. The molecule has 1 amide bonds. The third-order valence-electron chi connectivity index (χ3n) is 8.10. The van der Waals surface area contributed by atoms with Gasteiger partial charge < -0.3 is 19.5 Å². The molecule has 0 aliphatic carbocycles. The van der Waals surface area contributed by atoms with Gasteiger partial charge in [-0.2, -0.15) is 4.98 Å². The molecule has 2 aliphatic heterocycles. The predicted molar refractivity (Wildman–Crippen MR) is 147 cm³/mol. The Morgan fingerprint density at radius 3 is 2.65 bits per heavy atom. The van der Waals surface area contributed by atoms with Crippen LogP contribution in [0.3, 0.4) is 0 Å². The number of rotatable bonds is 5. The second-order valence-electron chi connectivity index (χ2n) is 10.7. The van der Waals surface area contributed by atoms with E-state index in [1.54, 1.807) is 13.8 Å². The minimum atomic E-state index is -0.638. The number of halogens is 1. The minimum Gasteiger partial charge on any atom is -0.481 e. The summed E-state index contributed by atoms with van der Waals surface area (Å²) in [4.78, 5) is 28.4. The topological polar surface area (TPSA) is 106 Å². The van der Waals surface area contributed by atoms with Crippen LogP contribution in [0.4, 0.5) is 10.2 Å². The van der Waals surface area contributed by atoms with Gasteiger partial charge in [0.15, 0.2) is 0 Å². The smallest absolute Gasteiger partial charge is 0.230 e. The van der Waals surface area contributed by atoms with Crippen LogP contribution in [0.25, 0.3) is 22.5 Å². The van der Waals surface area contributed by atoms with Crippen molar-refractivity contribution in [1.29, 1.82) is 0 Å². The largest absolute Gasteiger partial charge is 0.481 e. The van der Waals surface area contributed by atoms with Crippen LogP contribution in [0, 0.1) is 19.7 Å². The quantitative estimate of drug-likeness (QED) is 0.372. The van der Waals surface area contributed by atoms with E-state index < -0.39 is 11.7 Å². The molecule has 1 aromatic carbocycles. The van der Waals surface area contributed by atoms with Crippen molar-refractivity contribution in [2.75, 3.05) is 25.5 Å². The lowest BCUT2D eigenvalue weighted by Crippen LogP contribution is -2.46. The fraction of sp³-hybridized carbons (Fsp3) is 0.367. The summed E-state index contributed by atoms with van der Waals surface area (Å²) in [5.41, 5.74) is 5.18. The second kappa shape index (κ2) is 10.0. The van der Waals surface area contributed by atoms with Gasteiger partial charge in [0.1, 0.15) is 11.6 Å². The number of aryl methyl sites for hydroxylation is 3. The second-order valence-corrected chi connectivity index (χ2v) is 10.7. The third-order valence-corrected chi connectivity index (χ3v) is 8.10. The zero-order valence-corrected chi connectivity index (χ0v) is 23.0. The average Bonchev–Trinajstić information content (AvgIpc) is 3.58. The maximum atomic E-state index is 14.5. The van der Waals surface area contributed by atoms with Crippen LogP contribution in [-0.2, 0) is 11.2 Å². The first-order chi connectivity index (χ1) is 19.2. The van der Waals surface area contributed by atoms with E-state index in [1.807, 2.05) is 24.0 Å². The van der Waals surface area contributed by atoms with Crippen LogP contribution >= 0.6 is 0 Å². The molecule has 0 bridgehead atoms. The average molecular weight is 543 g/mol. The van der Waals surface area contributed by atoms with E-state index in [4.69, 9.17) is 14.2 Å². The molecule has 0 radical (unpaired) electrons. The van der Waals surface area contributed by atoms with Gasteiger partial charge in [-0.15, -0.1) is 0 Å². The van der Waals surface area contributed by atoms with Crippen molar-refractivity contribution < 1.29 is 18.4 Å². The van der Waals surface area contributed by atoms with E-state index in [0.717, 1.165) is 59.2 Å². The van der Waals surface area contributed by atoms with Gasteiger partial charge in [-0.3, -0.25) is 4.79 Å². The van der Waals surface area contributed by atoms with E-state index in [0.29, 0.717) is 36.2 Å². The highest BCUT2D eigenvalue weighted by Crippen LogP contribution is 2.39. The maximum absolute atomic E-state index is 14.5. The van der Waals surface area contributed by atoms with Gasteiger partial charge in [-0.05, 0) is 50.3 Å².